The Labute approximate surface area is 298 Å². The minimum atomic E-state index is 0.203. The van der Waals surface area contributed by atoms with Gasteiger partial charge in [-0.25, -0.2) is 15.0 Å². The number of para-hydroxylation sites is 3. The lowest BCUT2D eigenvalue weighted by Gasteiger charge is -2.11. The van der Waals surface area contributed by atoms with Crippen LogP contribution >= 0.6 is 11.8 Å². The molecule has 4 heterocycles. The van der Waals surface area contributed by atoms with Crippen LogP contribution in [0.15, 0.2) is 172 Å². The van der Waals surface area contributed by atoms with Gasteiger partial charge in [0.25, 0.3) is 0 Å². The number of nitrogens with zero attached hydrogens (tertiary/aromatic N) is 4. The van der Waals surface area contributed by atoms with Crippen LogP contribution in [0, 0.1) is 0 Å². The summed E-state index contributed by atoms with van der Waals surface area (Å²) in [6.07, 6.45) is 8.59. The number of furan rings is 1. The Morgan fingerprint density at radius 1 is 0.510 bits per heavy atom. The number of oxazole rings is 1. The molecule has 2 aliphatic rings. The fraction of sp³-hybridized carbons (Fsp3) is 0.0455. The molecule has 0 bridgehead atoms. The Balaban J connectivity index is 1.01. The van der Waals surface area contributed by atoms with Gasteiger partial charge in [-0.2, -0.15) is 0 Å². The number of hydrogen-bond acceptors (Lipinski definition) is 7. The standard InChI is InChI=1S/C44H28N4O2S/c1-4-10-38-33(7-1)25-40(49-38)29-17-19-30(20-18-29)42-45-36(27-13-21-31(22-14-27)43-47-34-8-2-5-11-39(34)50-43)26-37(46-42)28-15-23-32(24-16-28)44-48-35-9-3-6-12-41(35)51-44/h1-26,35,41H. The quantitative estimate of drug-likeness (QED) is 0.174. The summed E-state index contributed by atoms with van der Waals surface area (Å²) >= 11 is 1.82. The minimum absolute atomic E-state index is 0.203. The molecule has 3 aromatic heterocycles. The van der Waals surface area contributed by atoms with E-state index in [-0.39, 0.29) is 6.04 Å². The Morgan fingerprint density at radius 3 is 1.86 bits per heavy atom. The molecule has 8 aromatic rings. The van der Waals surface area contributed by atoms with Crippen LogP contribution in [-0.2, 0) is 0 Å². The van der Waals surface area contributed by atoms with Crippen LogP contribution in [0.3, 0.4) is 0 Å². The van der Waals surface area contributed by atoms with Crippen LogP contribution in [0.25, 0.3) is 78.7 Å². The van der Waals surface area contributed by atoms with Gasteiger partial charge in [-0.15, -0.1) is 0 Å². The maximum Gasteiger partial charge on any atom is 0.227 e. The summed E-state index contributed by atoms with van der Waals surface area (Å²) in [7, 11) is 0. The highest BCUT2D eigenvalue weighted by molar-refractivity contribution is 8.15. The first-order chi connectivity index (χ1) is 25.2. The van der Waals surface area contributed by atoms with Crippen molar-refractivity contribution in [3.63, 3.8) is 0 Å². The molecule has 242 valence electrons. The zero-order valence-corrected chi connectivity index (χ0v) is 28.0. The molecule has 0 saturated heterocycles. The summed E-state index contributed by atoms with van der Waals surface area (Å²) in [6.45, 7) is 0. The van der Waals surface area contributed by atoms with E-state index < -0.39 is 0 Å². The van der Waals surface area contributed by atoms with Crippen LogP contribution in [0.4, 0.5) is 0 Å². The molecule has 51 heavy (non-hydrogen) atoms. The second-order valence-corrected chi connectivity index (χ2v) is 13.8. The zero-order valence-electron chi connectivity index (χ0n) is 27.2. The third-order valence-electron chi connectivity index (χ3n) is 9.30. The highest BCUT2D eigenvalue weighted by Crippen LogP contribution is 2.36. The fourth-order valence-corrected chi connectivity index (χ4v) is 7.75. The highest BCUT2D eigenvalue weighted by atomic mass is 32.2. The van der Waals surface area contributed by atoms with E-state index in [1.165, 1.54) is 0 Å². The minimum Gasteiger partial charge on any atom is -0.456 e. The zero-order chi connectivity index (χ0) is 33.7. The molecular weight excluding hydrogens is 649 g/mol. The molecule has 7 heteroatoms. The maximum absolute atomic E-state index is 6.13. The summed E-state index contributed by atoms with van der Waals surface area (Å²) in [6, 6.07) is 45.2. The molecular formula is C44H28N4O2S. The molecule has 10 rings (SSSR count). The smallest absolute Gasteiger partial charge is 0.227 e. The van der Waals surface area contributed by atoms with Crippen LogP contribution in [0.1, 0.15) is 5.56 Å². The topological polar surface area (TPSA) is 77.3 Å². The van der Waals surface area contributed by atoms with Crippen molar-refractivity contribution in [2.45, 2.75) is 11.3 Å². The van der Waals surface area contributed by atoms with Crippen molar-refractivity contribution in [2.24, 2.45) is 4.99 Å². The van der Waals surface area contributed by atoms with Gasteiger partial charge < -0.3 is 8.83 Å². The second-order valence-electron chi connectivity index (χ2n) is 12.6. The summed E-state index contributed by atoms with van der Waals surface area (Å²) in [4.78, 5) is 19.8. The van der Waals surface area contributed by atoms with Gasteiger partial charge in [0.1, 0.15) is 16.9 Å². The molecule has 2 unspecified atom stereocenters. The van der Waals surface area contributed by atoms with E-state index in [0.29, 0.717) is 17.0 Å². The Hall–Kier alpha value is -6.31. The first-order valence-corrected chi connectivity index (χ1v) is 17.7. The van der Waals surface area contributed by atoms with E-state index in [1.54, 1.807) is 0 Å². The van der Waals surface area contributed by atoms with Gasteiger partial charge in [-0.3, -0.25) is 4.99 Å². The summed E-state index contributed by atoms with van der Waals surface area (Å²) in [5.74, 6) is 2.06. The van der Waals surface area contributed by atoms with Crippen LogP contribution in [0.5, 0.6) is 0 Å². The Bertz CT molecular complexity index is 2470. The molecule has 6 nitrogen and oxygen atoms in total. The molecule has 1 aliphatic carbocycles. The number of allylic oxidation sites excluding steroid dienone is 2. The van der Waals surface area contributed by atoms with Crippen LogP contribution in [-0.4, -0.2) is 31.3 Å². The third kappa shape index (κ3) is 5.58. The van der Waals surface area contributed by atoms with Gasteiger partial charge in [0.05, 0.1) is 27.7 Å². The number of thioether (sulfide) groups is 1. The van der Waals surface area contributed by atoms with E-state index in [0.717, 1.165) is 77.6 Å². The summed E-state index contributed by atoms with van der Waals surface area (Å²) in [5.41, 5.74) is 10.0. The molecule has 2 atom stereocenters. The number of rotatable bonds is 6. The van der Waals surface area contributed by atoms with Crippen molar-refractivity contribution < 1.29 is 8.83 Å². The van der Waals surface area contributed by atoms with Gasteiger partial charge >= 0.3 is 0 Å². The lowest BCUT2D eigenvalue weighted by Crippen LogP contribution is -2.13. The number of aromatic nitrogens is 3. The SMILES string of the molecule is C1=CC2N=C(c3ccc(-c4cc(-c5ccc(-c6nc7ccccc7o6)cc5)nc(-c5ccc(-c6cc7ccccc7o6)cc5)n4)cc3)SC2C=C1. The van der Waals surface area contributed by atoms with Crippen molar-refractivity contribution in [2.75, 3.05) is 0 Å². The van der Waals surface area contributed by atoms with Crippen LogP contribution < -0.4 is 0 Å². The second kappa shape index (κ2) is 12.2. The Morgan fingerprint density at radius 2 is 1.14 bits per heavy atom. The van der Waals surface area contributed by atoms with E-state index in [1.807, 2.05) is 66.4 Å². The predicted molar refractivity (Wildman–Crippen MR) is 207 cm³/mol. The highest BCUT2D eigenvalue weighted by Gasteiger charge is 2.28. The first kappa shape index (κ1) is 29.6. The van der Waals surface area contributed by atoms with Gasteiger partial charge in [-0.1, -0.05) is 127 Å². The summed E-state index contributed by atoms with van der Waals surface area (Å²) < 4.78 is 12.2. The van der Waals surface area contributed by atoms with Crippen LogP contribution in [0.2, 0.25) is 0 Å². The van der Waals surface area contributed by atoms with E-state index in [2.05, 4.69) is 108 Å². The van der Waals surface area contributed by atoms with Gasteiger partial charge in [0.2, 0.25) is 5.89 Å². The molecule has 0 fully saturated rings. The molecule has 0 spiro atoms. The molecule has 0 N–H and O–H groups in total. The fourth-order valence-electron chi connectivity index (χ4n) is 6.58. The summed E-state index contributed by atoms with van der Waals surface area (Å²) in [5, 5.41) is 2.51. The van der Waals surface area contributed by atoms with E-state index in [4.69, 9.17) is 23.8 Å². The molecule has 1 aliphatic heterocycles. The lowest BCUT2D eigenvalue weighted by atomic mass is 10.0. The lowest BCUT2D eigenvalue weighted by molar-refractivity contribution is 0.620. The number of benzene rings is 5. The molecule has 0 radical (unpaired) electrons. The van der Waals surface area contributed by atoms with Gasteiger partial charge in [0, 0.05) is 38.8 Å². The van der Waals surface area contributed by atoms with E-state index >= 15 is 0 Å². The number of hydrogen-bond donors (Lipinski definition) is 0. The van der Waals surface area contributed by atoms with Gasteiger partial charge in [-0.05, 0) is 42.5 Å². The average Bonchev–Trinajstić information content (AvgIpc) is 3.95. The van der Waals surface area contributed by atoms with Crippen molar-refractivity contribution in [3.05, 3.63) is 163 Å². The van der Waals surface area contributed by atoms with Gasteiger partial charge in [0.15, 0.2) is 11.4 Å². The molecule has 0 amide bonds. The molecule has 5 aromatic carbocycles. The third-order valence-corrected chi connectivity index (χ3v) is 10.6. The van der Waals surface area contributed by atoms with Crippen molar-refractivity contribution in [3.8, 4) is 56.7 Å². The number of fused-ring (bicyclic) bond motifs is 3. The van der Waals surface area contributed by atoms with E-state index in [9.17, 15) is 0 Å². The predicted octanol–water partition coefficient (Wildman–Crippen LogP) is 11.1. The average molecular weight is 677 g/mol. The largest absolute Gasteiger partial charge is 0.456 e. The van der Waals surface area contributed by atoms with Crippen molar-refractivity contribution in [1.29, 1.82) is 0 Å². The van der Waals surface area contributed by atoms with Crippen molar-refractivity contribution in [1.82, 2.24) is 15.0 Å². The normalized spacial score (nSPS) is 16.5. The first-order valence-electron chi connectivity index (χ1n) is 16.9. The van der Waals surface area contributed by atoms with Crippen molar-refractivity contribution >= 4 is 38.9 Å². The Kier molecular flexibility index (Phi) is 7.10. The molecule has 0 saturated carbocycles. The number of aliphatic imine (C=N–C) groups is 1. The monoisotopic (exact) mass is 676 g/mol. The maximum atomic E-state index is 6.13.